The Morgan fingerprint density at radius 1 is 1.35 bits per heavy atom. The average Bonchev–Trinajstić information content (AvgIpc) is 2.32. The van der Waals surface area contributed by atoms with Crippen LogP contribution >= 0.6 is 0 Å². The van der Waals surface area contributed by atoms with Crippen LogP contribution in [0.1, 0.15) is 23.7 Å². The van der Waals surface area contributed by atoms with E-state index in [2.05, 4.69) is 5.32 Å². The first-order valence-electron chi connectivity index (χ1n) is 5.66. The van der Waals surface area contributed by atoms with Gasteiger partial charge in [-0.05, 0) is 31.5 Å². The molecule has 0 fully saturated rings. The van der Waals surface area contributed by atoms with E-state index in [0.29, 0.717) is 36.7 Å². The van der Waals surface area contributed by atoms with Crippen LogP contribution < -0.4 is 16.8 Å². The van der Waals surface area contributed by atoms with Gasteiger partial charge in [0, 0.05) is 25.3 Å². The first-order chi connectivity index (χ1) is 8.15. The molecule has 0 saturated heterocycles. The SMILES string of the molecule is CCOCCCNC(=O)c1ccc(N)c(N)c1. The molecule has 1 amide bonds. The van der Waals surface area contributed by atoms with Gasteiger partial charge in [0.15, 0.2) is 0 Å². The monoisotopic (exact) mass is 237 g/mol. The largest absolute Gasteiger partial charge is 0.397 e. The molecule has 0 aliphatic heterocycles. The highest BCUT2D eigenvalue weighted by molar-refractivity contribution is 5.95. The molecule has 0 unspecified atom stereocenters. The maximum atomic E-state index is 11.7. The molecule has 1 rings (SSSR count). The van der Waals surface area contributed by atoms with Crippen LogP contribution in [0, 0.1) is 0 Å². The van der Waals surface area contributed by atoms with Crippen molar-refractivity contribution in [2.45, 2.75) is 13.3 Å². The van der Waals surface area contributed by atoms with E-state index in [1.54, 1.807) is 18.2 Å². The molecular formula is C12H19N3O2. The Morgan fingerprint density at radius 3 is 2.76 bits per heavy atom. The number of carbonyl (C=O) groups is 1. The van der Waals surface area contributed by atoms with E-state index >= 15 is 0 Å². The van der Waals surface area contributed by atoms with Gasteiger partial charge in [-0.2, -0.15) is 0 Å². The van der Waals surface area contributed by atoms with Crippen LogP contribution in [0.3, 0.4) is 0 Å². The zero-order valence-electron chi connectivity index (χ0n) is 10.0. The number of hydrogen-bond acceptors (Lipinski definition) is 4. The van der Waals surface area contributed by atoms with Gasteiger partial charge in [-0.3, -0.25) is 4.79 Å². The molecule has 94 valence electrons. The van der Waals surface area contributed by atoms with Gasteiger partial charge in [0.1, 0.15) is 0 Å². The van der Waals surface area contributed by atoms with E-state index < -0.39 is 0 Å². The van der Waals surface area contributed by atoms with E-state index in [9.17, 15) is 4.79 Å². The molecule has 1 aromatic carbocycles. The summed E-state index contributed by atoms with van der Waals surface area (Å²) >= 11 is 0. The number of nitrogen functional groups attached to an aromatic ring is 2. The van der Waals surface area contributed by atoms with E-state index in [-0.39, 0.29) is 5.91 Å². The standard InChI is InChI=1S/C12H19N3O2/c1-2-17-7-3-6-15-12(16)9-4-5-10(13)11(14)8-9/h4-5,8H,2-3,6-7,13-14H2,1H3,(H,15,16). The van der Waals surface area contributed by atoms with Crippen molar-refractivity contribution in [3.05, 3.63) is 23.8 Å². The normalized spacial score (nSPS) is 10.2. The van der Waals surface area contributed by atoms with Crippen LogP contribution in [0.2, 0.25) is 0 Å². The first-order valence-corrected chi connectivity index (χ1v) is 5.66. The topological polar surface area (TPSA) is 90.4 Å². The van der Waals surface area contributed by atoms with E-state index in [1.165, 1.54) is 0 Å². The molecule has 0 spiro atoms. The fraction of sp³-hybridized carbons (Fsp3) is 0.417. The Bertz CT molecular complexity index is 380. The molecule has 0 aliphatic carbocycles. The molecule has 0 aliphatic rings. The van der Waals surface area contributed by atoms with Gasteiger partial charge in [-0.25, -0.2) is 0 Å². The maximum Gasteiger partial charge on any atom is 0.251 e. The second kappa shape index (κ2) is 6.75. The lowest BCUT2D eigenvalue weighted by Gasteiger charge is -2.07. The number of rotatable bonds is 6. The van der Waals surface area contributed by atoms with Crippen LogP contribution in [-0.4, -0.2) is 25.7 Å². The Morgan fingerprint density at radius 2 is 2.12 bits per heavy atom. The van der Waals surface area contributed by atoms with Crippen LogP contribution in [0.4, 0.5) is 11.4 Å². The minimum atomic E-state index is -0.145. The zero-order valence-corrected chi connectivity index (χ0v) is 10.0. The minimum Gasteiger partial charge on any atom is -0.397 e. The molecule has 17 heavy (non-hydrogen) atoms. The van der Waals surface area contributed by atoms with Gasteiger partial charge in [0.05, 0.1) is 11.4 Å². The number of benzene rings is 1. The fourth-order valence-electron chi connectivity index (χ4n) is 1.34. The summed E-state index contributed by atoms with van der Waals surface area (Å²) in [5, 5.41) is 2.79. The number of nitrogens with one attached hydrogen (secondary N) is 1. The zero-order chi connectivity index (χ0) is 12.7. The molecule has 0 saturated carbocycles. The Hall–Kier alpha value is -1.75. The summed E-state index contributed by atoms with van der Waals surface area (Å²) in [5.41, 5.74) is 12.6. The van der Waals surface area contributed by atoms with Gasteiger partial charge < -0.3 is 21.5 Å². The Labute approximate surface area is 101 Å². The average molecular weight is 237 g/mol. The summed E-state index contributed by atoms with van der Waals surface area (Å²) in [5.74, 6) is -0.145. The number of carbonyl (C=O) groups excluding carboxylic acids is 1. The highest BCUT2D eigenvalue weighted by Crippen LogP contribution is 2.15. The molecule has 1 aromatic rings. The van der Waals surface area contributed by atoms with Gasteiger partial charge in [-0.1, -0.05) is 0 Å². The lowest BCUT2D eigenvalue weighted by molar-refractivity contribution is 0.0944. The van der Waals surface area contributed by atoms with Crippen molar-refractivity contribution in [1.29, 1.82) is 0 Å². The molecule has 0 radical (unpaired) electrons. The van der Waals surface area contributed by atoms with Crippen molar-refractivity contribution in [3.63, 3.8) is 0 Å². The third-order valence-corrected chi connectivity index (χ3v) is 2.30. The van der Waals surface area contributed by atoms with Crippen molar-refractivity contribution in [3.8, 4) is 0 Å². The molecular weight excluding hydrogens is 218 g/mol. The van der Waals surface area contributed by atoms with Crippen LogP contribution in [-0.2, 0) is 4.74 Å². The van der Waals surface area contributed by atoms with Crippen molar-refractivity contribution in [2.75, 3.05) is 31.2 Å². The van der Waals surface area contributed by atoms with E-state index in [1.807, 2.05) is 6.92 Å². The Balaban J connectivity index is 2.39. The molecule has 5 N–H and O–H groups in total. The lowest BCUT2D eigenvalue weighted by Crippen LogP contribution is -2.25. The van der Waals surface area contributed by atoms with Gasteiger partial charge in [-0.15, -0.1) is 0 Å². The summed E-state index contributed by atoms with van der Waals surface area (Å²) in [6.45, 7) is 3.88. The highest BCUT2D eigenvalue weighted by atomic mass is 16.5. The summed E-state index contributed by atoms with van der Waals surface area (Å²) in [6, 6.07) is 4.86. The van der Waals surface area contributed by atoms with Gasteiger partial charge >= 0.3 is 0 Å². The summed E-state index contributed by atoms with van der Waals surface area (Å²) in [7, 11) is 0. The number of amides is 1. The Kier molecular flexibility index (Phi) is 5.29. The van der Waals surface area contributed by atoms with Crippen molar-refractivity contribution >= 4 is 17.3 Å². The second-order valence-electron chi connectivity index (χ2n) is 3.65. The summed E-state index contributed by atoms with van der Waals surface area (Å²) in [6.07, 6.45) is 0.796. The van der Waals surface area contributed by atoms with Crippen LogP contribution in [0.15, 0.2) is 18.2 Å². The second-order valence-corrected chi connectivity index (χ2v) is 3.65. The number of ether oxygens (including phenoxy) is 1. The third kappa shape index (κ3) is 4.32. The molecule has 5 heteroatoms. The third-order valence-electron chi connectivity index (χ3n) is 2.30. The highest BCUT2D eigenvalue weighted by Gasteiger charge is 2.06. The summed E-state index contributed by atoms with van der Waals surface area (Å²) < 4.78 is 5.17. The number of hydrogen-bond donors (Lipinski definition) is 3. The first kappa shape index (κ1) is 13.3. The molecule has 0 aromatic heterocycles. The number of nitrogens with two attached hydrogens (primary N) is 2. The molecule has 0 bridgehead atoms. The van der Waals surface area contributed by atoms with Crippen molar-refractivity contribution in [1.82, 2.24) is 5.32 Å². The smallest absolute Gasteiger partial charge is 0.251 e. The minimum absolute atomic E-state index is 0.145. The maximum absolute atomic E-state index is 11.7. The van der Waals surface area contributed by atoms with Crippen LogP contribution in [0.5, 0.6) is 0 Å². The molecule has 5 nitrogen and oxygen atoms in total. The van der Waals surface area contributed by atoms with Gasteiger partial charge in [0.25, 0.3) is 5.91 Å². The summed E-state index contributed by atoms with van der Waals surface area (Å²) in [4.78, 5) is 11.7. The van der Waals surface area contributed by atoms with E-state index in [4.69, 9.17) is 16.2 Å². The number of anilines is 2. The molecule has 0 atom stereocenters. The van der Waals surface area contributed by atoms with E-state index in [0.717, 1.165) is 6.42 Å². The lowest BCUT2D eigenvalue weighted by atomic mass is 10.1. The van der Waals surface area contributed by atoms with Crippen molar-refractivity contribution < 1.29 is 9.53 Å². The van der Waals surface area contributed by atoms with Crippen molar-refractivity contribution in [2.24, 2.45) is 0 Å². The molecule has 0 heterocycles. The predicted octanol–water partition coefficient (Wildman–Crippen LogP) is 1.01. The van der Waals surface area contributed by atoms with Gasteiger partial charge in [0.2, 0.25) is 0 Å². The van der Waals surface area contributed by atoms with Crippen LogP contribution in [0.25, 0.3) is 0 Å². The fourth-order valence-corrected chi connectivity index (χ4v) is 1.34. The quantitative estimate of drug-likeness (QED) is 0.508. The predicted molar refractivity (Wildman–Crippen MR) is 68.7 cm³/mol.